The highest BCUT2D eigenvalue weighted by Gasteiger charge is 2.39. The van der Waals surface area contributed by atoms with Gasteiger partial charge in [-0.25, -0.2) is 8.78 Å². The zero-order valence-electron chi connectivity index (χ0n) is 18.4. The summed E-state index contributed by atoms with van der Waals surface area (Å²) in [4.78, 5) is 43.2. The van der Waals surface area contributed by atoms with Gasteiger partial charge >= 0.3 is 0 Å². The van der Waals surface area contributed by atoms with Crippen molar-refractivity contribution in [1.82, 2.24) is 9.80 Å². The van der Waals surface area contributed by atoms with Crippen molar-refractivity contribution in [3.8, 4) is 0 Å². The van der Waals surface area contributed by atoms with Crippen LogP contribution in [0.4, 0.5) is 14.5 Å². The Bertz CT molecular complexity index is 873. The van der Waals surface area contributed by atoms with E-state index in [0.29, 0.717) is 39.0 Å². The van der Waals surface area contributed by atoms with Crippen LogP contribution in [-0.2, 0) is 19.1 Å². The Morgan fingerprint density at radius 1 is 0.875 bits per heavy atom. The SMILES string of the molecule is CC1CN(C(=O)C2CCN(C(=O)C3CC(=O)N(c4cc(F)cc(F)c4)C3)CC2)CC(C)O1. The van der Waals surface area contributed by atoms with Gasteiger partial charge < -0.3 is 19.4 Å². The summed E-state index contributed by atoms with van der Waals surface area (Å²) in [7, 11) is 0. The van der Waals surface area contributed by atoms with Gasteiger partial charge in [-0.15, -0.1) is 0 Å². The van der Waals surface area contributed by atoms with Gasteiger partial charge in [0, 0.05) is 56.8 Å². The van der Waals surface area contributed by atoms with Crippen molar-refractivity contribution in [2.75, 3.05) is 37.6 Å². The Balaban J connectivity index is 1.32. The fourth-order valence-electron chi connectivity index (χ4n) is 5.04. The molecule has 7 nitrogen and oxygen atoms in total. The summed E-state index contributed by atoms with van der Waals surface area (Å²) >= 11 is 0. The van der Waals surface area contributed by atoms with Crippen molar-refractivity contribution in [1.29, 1.82) is 0 Å². The van der Waals surface area contributed by atoms with Crippen LogP contribution in [-0.4, -0.2) is 72.5 Å². The van der Waals surface area contributed by atoms with E-state index in [2.05, 4.69) is 0 Å². The van der Waals surface area contributed by atoms with Crippen LogP contribution in [0.25, 0.3) is 0 Å². The molecule has 9 heteroatoms. The number of carbonyl (C=O) groups is 3. The molecule has 3 amide bonds. The number of piperidine rings is 1. The summed E-state index contributed by atoms with van der Waals surface area (Å²) in [5.41, 5.74) is 0.126. The standard InChI is InChI=1S/C23H29F2N3O4/c1-14-11-27(12-15(2)32-14)22(30)16-3-5-26(6-4-16)23(31)17-7-21(29)28(13-17)20-9-18(24)8-19(25)10-20/h8-10,14-17H,3-7,11-13H2,1-2H3. The molecule has 3 fully saturated rings. The van der Waals surface area contributed by atoms with E-state index in [-0.39, 0.29) is 54.5 Å². The Labute approximate surface area is 186 Å². The number of hydrogen-bond donors (Lipinski definition) is 0. The number of carbonyl (C=O) groups excluding carboxylic acids is 3. The lowest BCUT2D eigenvalue weighted by Crippen LogP contribution is -2.52. The van der Waals surface area contributed by atoms with Gasteiger partial charge in [0.05, 0.1) is 18.1 Å². The third-order valence-corrected chi connectivity index (χ3v) is 6.52. The van der Waals surface area contributed by atoms with Crippen LogP contribution >= 0.6 is 0 Å². The molecule has 3 aliphatic heterocycles. The van der Waals surface area contributed by atoms with Crippen LogP contribution in [0.5, 0.6) is 0 Å². The molecule has 0 N–H and O–H groups in total. The molecule has 1 aromatic carbocycles. The second kappa shape index (κ2) is 9.13. The lowest BCUT2D eigenvalue weighted by molar-refractivity contribution is -0.150. The van der Waals surface area contributed by atoms with E-state index < -0.39 is 17.6 Å². The van der Waals surface area contributed by atoms with Crippen molar-refractivity contribution in [2.24, 2.45) is 11.8 Å². The maximum Gasteiger partial charge on any atom is 0.228 e. The summed E-state index contributed by atoms with van der Waals surface area (Å²) < 4.78 is 32.8. The third kappa shape index (κ3) is 4.77. The Morgan fingerprint density at radius 2 is 1.44 bits per heavy atom. The predicted molar refractivity (Wildman–Crippen MR) is 113 cm³/mol. The lowest BCUT2D eigenvalue weighted by atomic mass is 9.93. The Morgan fingerprint density at radius 3 is 2.03 bits per heavy atom. The summed E-state index contributed by atoms with van der Waals surface area (Å²) in [5.74, 6) is -2.55. The van der Waals surface area contributed by atoms with Crippen molar-refractivity contribution in [2.45, 2.75) is 45.3 Å². The largest absolute Gasteiger partial charge is 0.372 e. The van der Waals surface area contributed by atoms with Crippen LogP contribution in [0.15, 0.2) is 18.2 Å². The monoisotopic (exact) mass is 449 g/mol. The number of likely N-dealkylation sites (tertiary alicyclic amines) is 1. The van der Waals surface area contributed by atoms with Crippen LogP contribution in [0, 0.1) is 23.5 Å². The normalized spacial score (nSPS) is 27.2. The van der Waals surface area contributed by atoms with Crippen LogP contribution in [0.1, 0.15) is 33.1 Å². The molecule has 0 aromatic heterocycles. The second-order valence-corrected chi connectivity index (χ2v) is 9.13. The van der Waals surface area contributed by atoms with E-state index in [1.807, 2.05) is 18.7 Å². The molecule has 0 spiro atoms. The molecule has 3 aliphatic rings. The molecule has 3 heterocycles. The van der Waals surface area contributed by atoms with Crippen LogP contribution < -0.4 is 4.90 Å². The first-order valence-electron chi connectivity index (χ1n) is 11.2. The molecular formula is C23H29F2N3O4. The van der Waals surface area contributed by atoms with Gasteiger partial charge in [0.1, 0.15) is 11.6 Å². The lowest BCUT2D eigenvalue weighted by Gasteiger charge is -2.39. The van der Waals surface area contributed by atoms with Gasteiger partial charge in [0.15, 0.2) is 0 Å². The Kier molecular flexibility index (Phi) is 6.46. The number of anilines is 1. The average Bonchev–Trinajstić information content (AvgIpc) is 3.13. The smallest absolute Gasteiger partial charge is 0.228 e. The number of halogens is 2. The molecule has 4 rings (SSSR count). The number of hydrogen-bond acceptors (Lipinski definition) is 4. The number of morpholine rings is 1. The van der Waals surface area contributed by atoms with E-state index in [9.17, 15) is 23.2 Å². The number of nitrogens with zero attached hydrogens (tertiary/aromatic N) is 3. The molecule has 3 unspecified atom stereocenters. The summed E-state index contributed by atoms with van der Waals surface area (Å²) in [6, 6.07) is 2.94. The molecule has 0 bridgehead atoms. The van der Waals surface area contributed by atoms with Crippen molar-refractivity contribution < 1.29 is 27.9 Å². The zero-order valence-corrected chi connectivity index (χ0v) is 18.4. The summed E-state index contributed by atoms with van der Waals surface area (Å²) in [6.45, 7) is 6.12. The van der Waals surface area contributed by atoms with E-state index in [4.69, 9.17) is 4.74 Å². The number of ether oxygens (including phenoxy) is 1. The number of benzene rings is 1. The van der Waals surface area contributed by atoms with Gasteiger partial charge in [-0.3, -0.25) is 14.4 Å². The van der Waals surface area contributed by atoms with E-state index in [0.717, 1.165) is 18.2 Å². The number of amides is 3. The highest BCUT2D eigenvalue weighted by atomic mass is 19.1. The van der Waals surface area contributed by atoms with E-state index in [1.54, 1.807) is 4.90 Å². The minimum absolute atomic E-state index is 0.0128. The van der Waals surface area contributed by atoms with E-state index in [1.165, 1.54) is 4.90 Å². The van der Waals surface area contributed by atoms with Crippen molar-refractivity contribution >= 4 is 23.4 Å². The summed E-state index contributed by atoms with van der Waals surface area (Å²) in [5, 5.41) is 0. The highest BCUT2D eigenvalue weighted by Crippen LogP contribution is 2.29. The first-order chi connectivity index (χ1) is 15.2. The van der Waals surface area contributed by atoms with Crippen LogP contribution in [0.2, 0.25) is 0 Å². The molecule has 3 saturated heterocycles. The van der Waals surface area contributed by atoms with Crippen LogP contribution in [0.3, 0.4) is 0 Å². The Hall–Kier alpha value is -2.55. The minimum atomic E-state index is -0.765. The van der Waals surface area contributed by atoms with Crippen molar-refractivity contribution in [3.63, 3.8) is 0 Å². The quantitative estimate of drug-likeness (QED) is 0.710. The molecular weight excluding hydrogens is 420 g/mol. The summed E-state index contributed by atoms with van der Waals surface area (Å²) in [6.07, 6.45) is 1.21. The van der Waals surface area contributed by atoms with E-state index >= 15 is 0 Å². The van der Waals surface area contributed by atoms with Gasteiger partial charge in [-0.05, 0) is 38.8 Å². The molecule has 32 heavy (non-hydrogen) atoms. The molecule has 174 valence electrons. The maximum atomic E-state index is 13.5. The predicted octanol–water partition coefficient (Wildman–Crippen LogP) is 2.19. The molecule has 0 aliphatic carbocycles. The maximum absolute atomic E-state index is 13.5. The highest BCUT2D eigenvalue weighted by molar-refractivity contribution is 6.00. The van der Waals surface area contributed by atoms with Gasteiger partial charge in [-0.1, -0.05) is 0 Å². The second-order valence-electron chi connectivity index (χ2n) is 9.13. The van der Waals surface area contributed by atoms with Crippen molar-refractivity contribution in [3.05, 3.63) is 29.8 Å². The topological polar surface area (TPSA) is 70.2 Å². The van der Waals surface area contributed by atoms with Gasteiger partial charge in [-0.2, -0.15) is 0 Å². The van der Waals surface area contributed by atoms with Gasteiger partial charge in [0.2, 0.25) is 17.7 Å². The third-order valence-electron chi connectivity index (χ3n) is 6.52. The minimum Gasteiger partial charge on any atom is -0.372 e. The first kappa shape index (κ1) is 22.6. The first-order valence-corrected chi connectivity index (χ1v) is 11.2. The molecule has 0 saturated carbocycles. The average molecular weight is 449 g/mol. The van der Waals surface area contributed by atoms with Gasteiger partial charge in [0.25, 0.3) is 0 Å². The zero-order chi connectivity index (χ0) is 23.0. The fraction of sp³-hybridized carbons (Fsp3) is 0.609. The molecule has 0 radical (unpaired) electrons. The molecule has 1 aromatic rings. The molecule has 3 atom stereocenters. The number of rotatable bonds is 3. The fourth-order valence-corrected chi connectivity index (χ4v) is 5.04.